The summed E-state index contributed by atoms with van der Waals surface area (Å²) in [6.07, 6.45) is 1.79. The number of aromatic nitrogens is 2. The molecule has 5 heteroatoms. The molecule has 0 saturated carbocycles. The predicted octanol–water partition coefficient (Wildman–Crippen LogP) is 2.93. The normalized spacial score (nSPS) is 12.3. The first-order valence-corrected chi connectivity index (χ1v) is 7.17. The van der Waals surface area contributed by atoms with Crippen molar-refractivity contribution in [2.45, 2.75) is 71.9 Å². The summed E-state index contributed by atoms with van der Waals surface area (Å²) in [4.78, 5) is 11.9. The lowest BCUT2D eigenvalue weighted by Gasteiger charge is -2.19. The molecule has 0 aliphatic carbocycles. The fourth-order valence-corrected chi connectivity index (χ4v) is 1.91. The van der Waals surface area contributed by atoms with Crippen molar-refractivity contribution in [2.75, 3.05) is 0 Å². The fraction of sp³-hybridized carbons (Fsp3) is 0.688. The van der Waals surface area contributed by atoms with Crippen molar-refractivity contribution in [3.63, 3.8) is 0 Å². The van der Waals surface area contributed by atoms with Crippen LogP contribution in [0.3, 0.4) is 0 Å². The van der Waals surface area contributed by atoms with Crippen molar-refractivity contribution < 1.29 is 9.53 Å². The first-order chi connectivity index (χ1) is 9.47. The largest absolute Gasteiger partial charge is 0.463 e. The van der Waals surface area contributed by atoms with E-state index >= 15 is 0 Å². The molecule has 0 aromatic carbocycles. The van der Waals surface area contributed by atoms with Crippen LogP contribution in [0.5, 0.6) is 0 Å². The van der Waals surface area contributed by atoms with Crippen LogP contribution in [0.15, 0.2) is 6.20 Å². The van der Waals surface area contributed by atoms with Crippen molar-refractivity contribution in [2.24, 2.45) is 0 Å². The first-order valence-electron chi connectivity index (χ1n) is 7.17. The number of nitrogens with zero attached hydrogens (tertiary/aromatic N) is 3. The average molecular weight is 291 g/mol. The molecule has 0 fully saturated rings. The van der Waals surface area contributed by atoms with Crippen LogP contribution in [0.25, 0.3) is 0 Å². The van der Waals surface area contributed by atoms with Gasteiger partial charge in [-0.2, -0.15) is 10.4 Å². The van der Waals surface area contributed by atoms with Gasteiger partial charge in [-0.05, 0) is 48.5 Å². The lowest BCUT2D eigenvalue weighted by atomic mass is 9.86. The van der Waals surface area contributed by atoms with Crippen LogP contribution in [0.1, 0.15) is 59.7 Å². The van der Waals surface area contributed by atoms with Gasteiger partial charge in [0.15, 0.2) is 0 Å². The summed E-state index contributed by atoms with van der Waals surface area (Å²) >= 11 is 0. The highest BCUT2D eigenvalue weighted by Gasteiger charge is 2.29. The molecule has 0 aliphatic heterocycles. The zero-order valence-electron chi connectivity index (χ0n) is 14.0. The minimum Gasteiger partial charge on any atom is -0.463 e. The van der Waals surface area contributed by atoms with Gasteiger partial charge >= 0.3 is 5.97 Å². The van der Waals surface area contributed by atoms with Crippen molar-refractivity contribution in [1.29, 1.82) is 5.26 Å². The van der Waals surface area contributed by atoms with Gasteiger partial charge in [0.1, 0.15) is 0 Å². The third-order valence-electron chi connectivity index (χ3n) is 3.11. The van der Waals surface area contributed by atoms with Crippen LogP contribution in [-0.2, 0) is 26.9 Å². The monoisotopic (exact) mass is 291 g/mol. The molecule has 0 spiro atoms. The molecule has 1 aromatic heterocycles. The molecule has 0 N–H and O–H groups in total. The Kier molecular flexibility index (Phi) is 4.83. The van der Waals surface area contributed by atoms with Gasteiger partial charge in [0, 0.05) is 11.8 Å². The quantitative estimate of drug-likeness (QED) is 0.800. The second kappa shape index (κ2) is 5.88. The number of ether oxygens (including phenoxy) is 1. The highest BCUT2D eigenvalue weighted by molar-refractivity contribution is 5.72. The summed E-state index contributed by atoms with van der Waals surface area (Å²) in [5.41, 5.74) is 0.486. The second-order valence-electron chi connectivity index (χ2n) is 7.06. The molecule has 0 unspecified atom stereocenters. The molecule has 0 saturated heterocycles. The van der Waals surface area contributed by atoms with E-state index in [1.54, 1.807) is 4.68 Å². The highest BCUT2D eigenvalue weighted by Crippen LogP contribution is 2.28. The minimum atomic E-state index is -0.697. The third-order valence-corrected chi connectivity index (χ3v) is 3.11. The lowest BCUT2D eigenvalue weighted by Crippen LogP contribution is -2.22. The molecule has 0 radical (unpaired) electrons. The van der Waals surface area contributed by atoms with Gasteiger partial charge in [-0.25, -0.2) is 0 Å². The van der Waals surface area contributed by atoms with E-state index < -0.39 is 5.41 Å². The lowest BCUT2D eigenvalue weighted by molar-refractivity contribution is -0.146. The molecular formula is C16H25N3O2. The van der Waals surface area contributed by atoms with E-state index in [-0.39, 0.29) is 24.0 Å². The van der Waals surface area contributed by atoms with E-state index in [0.717, 1.165) is 5.56 Å². The fourth-order valence-electron chi connectivity index (χ4n) is 1.91. The maximum absolute atomic E-state index is 11.9. The molecular weight excluding hydrogens is 266 g/mol. The number of esters is 1. The zero-order chi connectivity index (χ0) is 16.4. The van der Waals surface area contributed by atoms with Crippen LogP contribution in [0, 0.1) is 11.3 Å². The molecule has 0 atom stereocenters. The molecule has 0 aliphatic rings. The summed E-state index contributed by atoms with van der Waals surface area (Å²) in [5, 5.41) is 13.9. The molecule has 0 bridgehead atoms. The number of nitriles is 1. The summed E-state index contributed by atoms with van der Waals surface area (Å²) in [5.74, 6) is -0.320. The molecule has 1 rings (SSSR count). The zero-order valence-corrected chi connectivity index (χ0v) is 14.0. The Morgan fingerprint density at radius 3 is 2.38 bits per heavy atom. The number of hydrogen-bond donors (Lipinski definition) is 0. The van der Waals surface area contributed by atoms with Crippen LogP contribution in [0.2, 0.25) is 0 Å². The van der Waals surface area contributed by atoms with Crippen LogP contribution in [-0.4, -0.2) is 21.9 Å². The Hall–Kier alpha value is -1.83. The van der Waals surface area contributed by atoms with Gasteiger partial charge in [0.2, 0.25) is 0 Å². The summed E-state index contributed by atoms with van der Waals surface area (Å²) in [6.45, 7) is 13.4. The molecule has 116 valence electrons. The maximum Gasteiger partial charge on any atom is 0.312 e. The molecule has 21 heavy (non-hydrogen) atoms. The highest BCUT2D eigenvalue weighted by atomic mass is 16.5. The van der Waals surface area contributed by atoms with Gasteiger partial charge in [-0.1, -0.05) is 0 Å². The molecule has 1 aromatic rings. The second-order valence-corrected chi connectivity index (χ2v) is 7.06. The summed E-state index contributed by atoms with van der Waals surface area (Å²) in [6, 6.07) is 2.27. The van der Waals surface area contributed by atoms with Crippen molar-refractivity contribution in [1.82, 2.24) is 9.78 Å². The topological polar surface area (TPSA) is 67.9 Å². The van der Waals surface area contributed by atoms with E-state index in [4.69, 9.17) is 4.74 Å². The Bertz CT molecular complexity index is 557. The smallest absolute Gasteiger partial charge is 0.312 e. The Balaban J connectivity index is 3.21. The van der Waals surface area contributed by atoms with E-state index in [2.05, 4.69) is 11.2 Å². The first kappa shape index (κ1) is 17.2. The van der Waals surface area contributed by atoms with Crippen molar-refractivity contribution in [3.8, 4) is 6.07 Å². The summed E-state index contributed by atoms with van der Waals surface area (Å²) < 4.78 is 6.98. The Morgan fingerprint density at radius 2 is 1.95 bits per heavy atom. The minimum absolute atomic E-state index is 0.0850. The Morgan fingerprint density at radius 1 is 1.38 bits per heavy atom. The van der Waals surface area contributed by atoms with E-state index in [1.807, 2.05) is 54.7 Å². The van der Waals surface area contributed by atoms with Crippen LogP contribution >= 0.6 is 0 Å². The van der Waals surface area contributed by atoms with Gasteiger partial charge in [0.25, 0.3) is 0 Å². The number of carbonyl (C=O) groups excluding carboxylic acids is 1. The number of carbonyl (C=O) groups is 1. The standard InChI is InChI=1S/C16H25N3O2/c1-11(2)21-14(20)8-13-12(16(6,7)10-17)9-19(18-13)15(3,4)5/h9,11H,8H2,1-7H3. The van der Waals surface area contributed by atoms with E-state index in [0.29, 0.717) is 5.69 Å². The molecule has 0 amide bonds. The summed E-state index contributed by atoms with van der Waals surface area (Å²) in [7, 11) is 0. The van der Waals surface area contributed by atoms with E-state index in [9.17, 15) is 10.1 Å². The van der Waals surface area contributed by atoms with Crippen LogP contribution < -0.4 is 0 Å². The number of rotatable bonds is 4. The van der Waals surface area contributed by atoms with Crippen LogP contribution in [0.4, 0.5) is 0 Å². The third kappa shape index (κ3) is 4.32. The van der Waals surface area contributed by atoms with Crippen molar-refractivity contribution >= 4 is 5.97 Å². The van der Waals surface area contributed by atoms with Gasteiger partial charge in [0.05, 0.1) is 35.2 Å². The van der Waals surface area contributed by atoms with Gasteiger partial charge < -0.3 is 4.74 Å². The predicted molar refractivity (Wildman–Crippen MR) is 80.8 cm³/mol. The average Bonchev–Trinajstić information content (AvgIpc) is 2.72. The number of hydrogen-bond acceptors (Lipinski definition) is 4. The maximum atomic E-state index is 11.9. The van der Waals surface area contributed by atoms with Crippen molar-refractivity contribution in [3.05, 3.63) is 17.5 Å². The Labute approximate surface area is 126 Å². The van der Waals surface area contributed by atoms with Gasteiger partial charge in [-0.3, -0.25) is 9.48 Å². The molecule has 5 nitrogen and oxygen atoms in total. The van der Waals surface area contributed by atoms with Gasteiger partial charge in [-0.15, -0.1) is 0 Å². The molecule has 1 heterocycles. The van der Waals surface area contributed by atoms with E-state index in [1.165, 1.54) is 0 Å². The SMILES string of the molecule is CC(C)OC(=O)Cc1nn(C(C)(C)C)cc1C(C)(C)C#N.